The summed E-state index contributed by atoms with van der Waals surface area (Å²) in [7, 11) is 0. The molecule has 17 heavy (non-hydrogen) atoms. The van der Waals surface area contributed by atoms with Crippen molar-refractivity contribution < 1.29 is 15.0 Å². The zero-order valence-electron chi connectivity index (χ0n) is 11.7. The van der Waals surface area contributed by atoms with Crippen LogP contribution in [-0.4, -0.2) is 39.9 Å². The lowest BCUT2D eigenvalue weighted by Crippen LogP contribution is -2.46. The second-order valence-electron chi connectivity index (χ2n) is 5.75. The van der Waals surface area contributed by atoms with Crippen molar-refractivity contribution in [3.8, 4) is 0 Å². The van der Waals surface area contributed by atoms with Gasteiger partial charge in [0.25, 0.3) is 0 Å². The van der Waals surface area contributed by atoms with Gasteiger partial charge in [-0.2, -0.15) is 0 Å². The first kappa shape index (κ1) is 16.2. The molecule has 0 aliphatic rings. The average Bonchev–Trinajstić information content (AvgIpc) is 2.16. The number of amides is 1. The Morgan fingerprint density at radius 3 is 2.18 bits per heavy atom. The molecule has 2 atom stereocenters. The van der Waals surface area contributed by atoms with Crippen molar-refractivity contribution in [2.24, 2.45) is 5.41 Å². The van der Waals surface area contributed by atoms with Gasteiger partial charge in [0.1, 0.15) is 0 Å². The fourth-order valence-corrected chi connectivity index (χ4v) is 1.69. The fraction of sp³-hybridized carbons (Fsp3) is 0.923. The summed E-state index contributed by atoms with van der Waals surface area (Å²) < 4.78 is 0. The molecule has 0 aliphatic heterocycles. The van der Waals surface area contributed by atoms with Crippen LogP contribution in [0.3, 0.4) is 0 Å². The van der Waals surface area contributed by atoms with E-state index in [0.29, 0.717) is 13.0 Å². The number of carbonyl (C=O) groups is 1. The predicted octanol–water partition coefficient (Wildman–Crippen LogP) is 2.95. The van der Waals surface area contributed by atoms with Crippen LogP contribution in [0.1, 0.15) is 53.9 Å². The summed E-state index contributed by atoms with van der Waals surface area (Å²) in [6.45, 7) is 10.4. The van der Waals surface area contributed by atoms with Crippen LogP contribution >= 0.6 is 0 Å². The summed E-state index contributed by atoms with van der Waals surface area (Å²) in [5.74, 6) is 0. The number of hydrogen-bond donors (Lipinski definition) is 2. The Balaban J connectivity index is 4.41. The first-order valence-electron chi connectivity index (χ1n) is 6.37. The normalized spacial score (nSPS) is 15.4. The molecule has 0 aromatic carbocycles. The topological polar surface area (TPSA) is 60.8 Å². The first-order valence-corrected chi connectivity index (χ1v) is 6.37. The van der Waals surface area contributed by atoms with Gasteiger partial charge in [0, 0.05) is 12.6 Å². The van der Waals surface area contributed by atoms with E-state index in [1.54, 1.807) is 0 Å². The maximum atomic E-state index is 11.2. The summed E-state index contributed by atoms with van der Waals surface area (Å²) in [5, 5.41) is 18.8. The minimum atomic E-state index is -0.906. The minimum absolute atomic E-state index is 0.0613. The smallest absolute Gasteiger partial charge is 0.407 e. The van der Waals surface area contributed by atoms with Gasteiger partial charge in [-0.3, -0.25) is 0 Å². The number of rotatable bonds is 6. The molecule has 0 aromatic rings. The van der Waals surface area contributed by atoms with Gasteiger partial charge in [0.05, 0.1) is 6.10 Å². The van der Waals surface area contributed by atoms with Crippen molar-refractivity contribution in [2.75, 3.05) is 6.54 Å². The summed E-state index contributed by atoms with van der Waals surface area (Å²) in [6.07, 6.45) is 0.867. The van der Waals surface area contributed by atoms with Crippen LogP contribution in [0.2, 0.25) is 0 Å². The van der Waals surface area contributed by atoms with E-state index in [4.69, 9.17) is 0 Å². The number of hydrogen-bond acceptors (Lipinski definition) is 2. The second kappa shape index (κ2) is 6.84. The Labute approximate surface area is 105 Å². The standard InChI is InChI=1S/C13H27NO3/c1-6-7-11(15)8-9-14(12(16)17)10(2)13(3,4)5/h10-11,15H,6-9H2,1-5H3,(H,16,17). The molecule has 0 saturated heterocycles. The molecule has 2 unspecified atom stereocenters. The molecule has 4 heteroatoms. The van der Waals surface area contributed by atoms with Crippen molar-refractivity contribution >= 4 is 6.09 Å². The molecule has 0 heterocycles. The van der Waals surface area contributed by atoms with Gasteiger partial charge in [-0.15, -0.1) is 0 Å². The highest BCUT2D eigenvalue weighted by Crippen LogP contribution is 2.24. The van der Waals surface area contributed by atoms with Gasteiger partial charge in [-0.25, -0.2) is 4.79 Å². The zero-order valence-corrected chi connectivity index (χ0v) is 11.7. The summed E-state index contributed by atoms with van der Waals surface area (Å²) in [6, 6.07) is -0.0613. The molecular weight excluding hydrogens is 218 g/mol. The second-order valence-corrected chi connectivity index (χ2v) is 5.75. The monoisotopic (exact) mass is 245 g/mol. The lowest BCUT2D eigenvalue weighted by Gasteiger charge is -2.36. The summed E-state index contributed by atoms with van der Waals surface area (Å²) in [5.41, 5.74) is -0.0892. The maximum Gasteiger partial charge on any atom is 0.407 e. The number of aliphatic hydroxyl groups excluding tert-OH is 1. The Bertz CT molecular complexity index is 235. The number of nitrogens with zero attached hydrogens (tertiary/aromatic N) is 1. The average molecular weight is 245 g/mol. The van der Waals surface area contributed by atoms with Gasteiger partial charge in [0.15, 0.2) is 0 Å². The van der Waals surface area contributed by atoms with E-state index in [9.17, 15) is 15.0 Å². The maximum absolute atomic E-state index is 11.2. The summed E-state index contributed by atoms with van der Waals surface area (Å²) in [4.78, 5) is 12.6. The van der Waals surface area contributed by atoms with Gasteiger partial charge in [-0.1, -0.05) is 34.1 Å². The molecule has 0 spiro atoms. The van der Waals surface area contributed by atoms with Crippen LogP contribution in [0.5, 0.6) is 0 Å². The molecular formula is C13H27NO3. The summed E-state index contributed by atoms with van der Waals surface area (Å²) >= 11 is 0. The van der Waals surface area contributed by atoms with E-state index >= 15 is 0 Å². The van der Waals surface area contributed by atoms with Crippen molar-refractivity contribution in [3.05, 3.63) is 0 Å². The number of aliphatic hydroxyl groups is 1. The van der Waals surface area contributed by atoms with Crippen LogP contribution in [0.15, 0.2) is 0 Å². The van der Waals surface area contributed by atoms with E-state index in [0.717, 1.165) is 12.8 Å². The highest BCUT2D eigenvalue weighted by atomic mass is 16.4. The molecule has 0 radical (unpaired) electrons. The van der Waals surface area contributed by atoms with E-state index < -0.39 is 12.2 Å². The molecule has 0 saturated carbocycles. The van der Waals surface area contributed by atoms with Crippen LogP contribution in [0.4, 0.5) is 4.79 Å². The van der Waals surface area contributed by atoms with Crippen molar-refractivity contribution in [1.82, 2.24) is 4.90 Å². The highest BCUT2D eigenvalue weighted by Gasteiger charge is 2.29. The van der Waals surface area contributed by atoms with Crippen LogP contribution < -0.4 is 0 Å². The molecule has 102 valence electrons. The SMILES string of the molecule is CCCC(O)CCN(C(=O)O)C(C)C(C)(C)C. The highest BCUT2D eigenvalue weighted by molar-refractivity contribution is 5.65. The molecule has 0 fully saturated rings. The van der Waals surface area contributed by atoms with E-state index in [-0.39, 0.29) is 11.5 Å². The molecule has 0 aromatic heterocycles. The third-order valence-electron chi connectivity index (χ3n) is 3.29. The third kappa shape index (κ3) is 5.91. The molecule has 4 nitrogen and oxygen atoms in total. The van der Waals surface area contributed by atoms with Crippen LogP contribution in [0.25, 0.3) is 0 Å². The van der Waals surface area contributed by atoms with E-state index in [1.807, 2.05) is 34.6 Å². The van der Waals surface area contributed by atoms with Crippen LogP contribution in [-0.2, 0) is 0 Å². The van der Waals surface area contributed by atoms with Crippen molar-refractivity contribution in [3.63, 3.8) is 0 Å². The van der Waals surface area contributed by atoms with Gasteiger partial charge in [-0.05, 0) is 25.2 Å². The van der Waals surface area contributed by atoms with Gasteiger partial charge in [0.2, 0.25) is 0 Å². The molecule has 1 amide bonds. The lowest BCUT2D eigenvalue weighted by molar-refractivity contribution is 0.0730. The Kier molecular flexibility index (Phi) is 6.53. The first-order chi connectivity index (χ1) is 7.70. The Morgan fingerprint density at radius 1 is 1.29 bits per heavy atom. The Hall–Kier alpha value is -0.770. The van der Waals surface area contributed by atoms with E-state index in [1.165, 1.54) is 4.90 Å². The molecule has 0 bridgehead atoms. The van der Waals surface area contributed by atoms with Crippen LogP contribution in [0, 0.1) is 5.41 Å². The predicted molar refractivity (Wildman–Crippen MR) is 69.2 cm³/mol. The number of carboxylic acid groups (broad SMARTS) is 1. The largest absolute Gasteiger partial charge is 0.465 e. The molecule has 0 rings (SSSR count). The van der Waals surface area contributed by atoms with Gasteiger partial charge < -0.3 is 15.1 Å². The third-order valence-corrected chi connectivity index (χ3v) is 3.29. The fourth-order valence-electron chi connectivity index (χ4n) is 1.69. The molecule has 2 N–H and O–H groups in total. The lowest BCUT2D eigenvalue weighted by atomic mass is 9.87. The zero-order chi connectivity index (χ0) is 13.6. The van der Waals surface area contributed by atoms with Crippen molar-refractivity contribution in [2.45, 2.75) is 66.0 Å². The van der Waals surface area contributed by atoms with Gasteiger partial charge >= 0.3 is 6.09 Å². The van der Waals surface area contributed by atoms with Crippen molar-refractivity contribution in [1.29, 1.82) is 0 Å². The minimum Gasteiger partial charge on any atom is -0.465 e. The Morgan fingerprint density at radius 2 is 1.82 bits per heavy atom. The van der Waals surface area contributed by atoms with E-state index in [2.05, 4.69) is 0 Å². The quantitative estimate of drug-likeness (QED) is 0.756. The molecule has 0 aliphatic carbocycles.